The van der Waals surface area contributed by atoms with Gasteiger partial charge < -0.3 is 23.8 Å². The first-order chi connectivity index (χ1) is 31.1. The van der Waals surface area contributed by atoms with Gasteiger partial charge in [0.25, 0.3) is 0 Å². The van der Waals surface area contributed by atoms with Crippen LogP contribution in [0.3, 0.4) is 0 Å². The number of quaternary nitrogens is 1. The lowest BCUT2D eigenvalue weighted by Crippen LogP contribution is -2.50. The summed E-state index contributed by atoms with van der Waals surface area (Å²) in [6.45, 7) is 4.79. The summed E-state index contributed by atoms with van der Waals surface area (Å²) < 4.78 is 17.4. The van der Waals surface area contributed by atoms with Gasteiger partial charge in [-0.15, -0.1) is 0 Å². The maximum Gasteiger partial charge on any atom is 0.362 e. The van der Waals surface area contributed by atoms with Crippen LogP contribution in [-0.2, 0) is 28.6 Å². The van der Waals surface area contributed by atoms with Crippen molar-refractivity contribution in [3.05, 3.63) is 12.2 Å². The van der Waals surface area contributed by atoms with Gasteiger partial charge in [-0.2, -0.15) is 0 Å². The van der Waals surface area contributed by atoms with E-state index >= 15 is 0 Å². The number of aliphatic carboxylic acids is 1. The number of likely N-dealkylation sites (N-methyl/N-ethyl adjacent to an activating group) is 1. The molecule has 378 valence electrons. The van der Waals surface area contributed by atoms with Crippen LogP contribution in [0, 0.1) is 0 Å². The van der Waals surface area contributed by atoms with Crippen molar-refractivity contribution >= 4 is 17.9 Å². The van der Waals surface area contributed by atoms with E-state index in [1.54, 1.807) is 0 Å². The van der Waals surface area contributed by atoms with E-state index < -0.39 is 18.1 Å². The second-order valence-corrected chi connectivity index (χ2v) is 20.2. The Morgan fingerprint density at radius 1 is 0.453 bits per heavy atom. The van der Waals surface area contributed by atoms with Crippen LogP contribution in [0.25, 0.3) is 0 Å². The summed E-state index contributed by atoms with van der Waals surface area (Å²) in [5.74, 6) is -1.45. The molecule has 2 unspecified atom stereocenters. The molecule has 0 aliphatic rings. The van der Waals surface area contributed by atoms with E-state index in [1.807, 2.05) is 21.1 Å². The molecule has 1 N–H and O–H groups in total. The van der Waals surface area contributed by atoms with Crippen molar-refractivity contribution in [1.82, 2.24) is 0 Å². The smallest absolute Gasteiger partial charge is 0.362 e. The Kier molecular flexibility index (Phi) is 46.1. The van der Waals surface area contributed by atoms with Crippen molar-refractivity contribution in [2.45, 2.75) is 289 Å². The van der Waals surface area contributed by atoms with Gasteiger partial charge in [0.1, 0.15) is 6.61 Å². The molecule has 0 aliphatic heterocycles. The van der Waals surface area contributed by atoms with Gasteiger partial charge >= 0.3 is 17.9 Å². The zero-order valence-corrected chi connectivity index (χ0v) is 43.3. The molecule has 2 atom stereocenters. The lowest BCUT2D eigenvalue weighted by Gasteiger charge is -2.31. The van der Waals surface area contributed by atoms with Crippen LogP contribution in [0.2, 0.25) is 0 Å². The number of carboxylic acid groups (broad SMARTS) is 1. The zero-order valence-electron chi connectivity index (χ0n) is 43.3. The summed E-state index contributed by atoms with van der Waals surface area (Å²) in [4.78, 5) is 37.2. The van der Waals surface area contributed by atoms with E-state index in [4.69, 9.17) is 14.2 Å². The fourth-order valence-corrected chi connectivity index (χ4v) is 8.62. The first-order valence-electron chi connectivity index (χ1n) is 27.7. The largest absolute Gasteiger partial charge is 0.477 e. The van der Waals surface area contributed by atoms with E-state index in [-0.39, 0.29) is 36.2 Å². The molecule has 0 aromatic rings. The second kappa shape index (κ2) is 47.6. The normalized spacial score (nSPS) is 12.8. The number of carboxylic acids is 1. The Morgan fingerprint density at radius 2 is 0.781 bits per heavy atom. The Hall–Kier alpha value is -1.93. The number of hydrogen-bond donors (Lipinski definition) is 1. The van der Waals surface area contributed by atoms with Crippen molar-refractivity contribution in [3.63, 3.8) is 0 Å². The van der Waals surface area contributed by atoms with Gasteiger partial charge in [-0.3, -0.25) is 9.59 Å². The summed E-state index contributed by atoms with van der Waals surface area (Å²) in [7, 11) is 5.55. The van der Waals surface area contributed by atoms with Crippen LogP contribution < -0.4 is 0 Å². The predicted molar refractivity (Wildman–Crippen MR) is 271 cm³/mol. The number of ether oxygens (including phenoxy) is 3. The zero-order chi connectivity index (χ0) is 47.0. The first kappa shape index (κ1) is 62.1. The molecule has 0 saturated heterocycles. The molecular weight excluding hydrogens is 799 g/mol. The molecule has 0 saturated carbocycles. The Morgan fingerprint density at radius 3 is 1.12 bits per heavy atom. The monoisotopic (exact) mass is 907 g/mol. The van der Waals surface area contributed by atoms with Crippen molar-refractivity contribution in [3.8, 4) is 0 Å². The molecule has 0 spiro atoms. The minimum atomic E-state index is -0.870. The molecule has 0 aromatic carbocycles. The highest BCUT2D eigenvalue weighted by Gasteiger charge is 2.31. The van der Waals surface area contributed by atoms with Crippen molar-refractivity contribution in [2.24, 2.45) is 0 Å². The minimum absolute atomic E-state index is 0.0465. The van der Waals surface area contributed by atoms with E-state index in [1.165, 1.54) is 205 Å². The molecular formula is C56H108NO7+. The Bertz CT molecular complexity index is 1060. The van der Waals surface area contributed by atoms with Gasteiger partial charge in [-0.25, -0.2) is 4.79 Å². The highest BCUT2D eigenvalue weighted by Crippen LogP contribution is 2.17. The van der Waals surface area contributed by atoms with Gasteiger partial charge in [0.2, 0.25) is 0 Å². The van der Waals surface area contributed by atoms with E-state index in [0.717, 1.165) is 38.5 Å². The molecule has 0 bridgehead atoms. The summed E-state index contributed by atoms with van der Waals surface area (Å²) in [6, 6.07) is -0.612. The van der Waals surface area contributed by atoms with E-state index in [0.29, 0.717) is 19.3 Å². The SMILES string of the molecule is CCCCCCCCCCCC/C=C/CCCCCCCCCC(=O)OCC(COCCC(C(=O)O)[N+](C)(C)C)OC(=O)CCCCCCCCCCCCCCCCCCCCC. The van der Waals surface area contributed by atoms with Crippen molar-refractivity contribution < 1.29 is 38.2 Å². The fraction of sp³-hybridized carbons (Fsp3) is 0.911. The molecule has 0 radical (unpaired) electrons. The minimum Gasteiger partial charge on any atom is -0.477 e. The van der Waals surface area contributed by atoms with Gasteiger partial charge in [-0.1, -0.05) is 231 Å². The van der Waals surface area contributed by atoms with Crippen LogP contribution in [-0.4, -0.2) is 80.6 Å². The van der Waals surface area contributed by atoms with Gasteiger partial charge in [-0.05, 0) is 38.5 Å². The summed E-state index contributed by atoms with van der Waals surface area (Å²) in [6.07, 6.45) is 54.1. The average Bonchev–Trinajstić information content (AvgIpc) is 3.26. The molecule has 64 heavy (non-hydrogen) atoms. The standard InChI is InChI=1S/C56H107NO7/c1-6-8-10-12-14-16-18-20-22-24-26-27-29-30-32-34-36-38-40-42-44-46-54(58)63-51-52(50-62-49-48-53(56(60)61)57(3,4)5)64-55(59)47-45-43-41-39-37-35-33-31-28-25-23-21-19-17-15-13-11-9-7-2/h27,29,52-53H,6-26,28,30-51H2,1-5H3/p+1/b29-27+. The predicted octanol–water partition coefficient (Wildman–Crippen LogP) is 16.2. The highest BCUT2D eigenvalue weighted by molar-refractivity contribution is 5.72. The molecule has 8 nitrogen and oxygen atoms in total. The van der Waals surface area contributed by atoms with Crippen LogP contribution in [0.15, 0.2) is 12.2 Å². The number of unbranched alkanes of at least 4 members (excludes halogenated alkanes) is 35. The summed E-state index contributed by atoms with van der Waals surface area (Å²) >= 11 is 0. The third-order valence-electron chi connectivity index (χ3n) is 12.9. The molecule has 0 fully saturated rings. The highest BCUT2D eigenvalue weighted by atomic mass is 16.6. The molecule has 0 aromatic heterocycles. The topological polar surface area (TPSA) is 99.1 Å². The lowest BCUT2D eigenvalue weighted by molar-refractivity contribution is -0.887. The Balaban J connectivity index is 4.16. The lowest BCUT2D eigenvalue weighted by atomic mass is 10.0. The van der Waals surface area contributed by atoms with E-state index in [9.17, 15) is 19.5 Å². The van der Waals surface area contributed by atoms with Crippen LogP contribution in [0.4, 0.5) is 0 Å². The number of rotatable bonds is 51. The van der Waals surface area contributed by atoms with Crippen LogP contribution in [0.5, 0.6) is 0 Å². The van der Waals surface area contributed by atoms with Gasteiger partial charge in [0, 0.05) is 19.3 Å². The number of esters is 2. The first-order valence-corrected chi connectivity index (χ1v) is 27.7. The number of hydrogen-bond acceptors (Lipinski definition) is 6. The maximum atomic E-state index is 12.8. The van der Waals surface area contributed by atoms with Crippen molar-refractivity contribution in [1.29, 1.82) is 0 Å². The summed E-state index contributed by atoms with van der Waals surface area (Å²) in [5.41, 5.74) is 0. The maximum absolute atomic E-state index is 12.8. The molecule has 0 amide bonds. The average molecular weight is 907 g/mol. The van der Waals surface area contributed by atoms with Gasteiger partial charge in [0.05, 0.1) is 34.4 Å². The van der Waals surface area contributed by atoms with E-state index in [2.05, 4.69) is 26.0 Å². The molecule has 0 heterocycles. The number of allylic oxidation sites excluding steroid dienone is 2. The molecule has 0 aliphatic carbocycles. The molecule has 8 heteroatoms. The number of carbonyl (C=O) groups excluding carboxylic acids is 2. The van der Waals surface area contributed by atoms with Crippen molar-refractivity contribution in [2.75, 3.05) is 41.0 Å². The number of nitrogens with zero attached hydrogens (tertiary/aromatic N) is 1. The Labute approximate surface area is 397 Å². The van der Waals surface area contributed by atoms with Crippen LogP contribution in [0.1, 0.15) is 277 Å². The second-order valence-electron chi connectivity index (χ2n) is 20.2. The molecule has 0 rings (SSSR count). The fourth-order valence-electron chi connectivity index (χ4n) is 8.62. The number of carbonyl (C=O) groups is 3. The third kappa shape index (κ3) is 45.2. The third-order valence-corrected chi connectivity index (χ3v) is 12.9. The quantitative estimate of drug-likeness (QED) is 0.0281. The summed E-state index contributed by atoms with van der Waals surface area (Å²) in [5, 5.41) is 9.67. The van der Waals surface area contributed by atoms with Gasteiger partial charge in [0.15, 0.2) is 12.1 Å². The van der Waals surface area contributed by atoms with Crippen LogP contribution >= 0.6 is 0 Å².